The summed E-state index contributed by atoms with van der Waals surface area (Å²) in [5.74, 6) is 4.25. The van der Waals surface area contributed by atoms with Gasteiger partial charge in [0.15, 0.2) is 0 Å². The maximum Gasteiger partial charge on any atom is 0.137 e. The lowest BCUT2D eigenvalue weighted by atomic mass is 9.88. The highest BCUT2D eigenvalue weighted by Gasteiger charge is 2.42. The van der Waals surface area contributed by atoms with Crippen LogP contribution in [0.4, 0.5) is 0 Å². The van der Waals surface area contributed by atoms with E-state index in [0.717, 1.165) is 44.9 Å². The Morgan fingerprint density at radius 1 is 0.569 bits per heavy atom. The van der Waals surface area contributed by atoms with Crippen LogP contribution in [-0.2, 0) is 17.6 Å². The topological polar surface area (TPSA) is 64.6 Å². The van der Waals surface area contributed by atoms with E-state index < -0.39 is 12.2 Å². The Morgan fingerprint density at radius 2 is 0.941 bits per heavy atom. The van der Waals surface area contributed by atoms with E-state index in [0.29, 0.717) is 48.7 Å². The predicted molar refractivity (Wildman–Crippen MR) is 201 cm³/mol. The number of benzene rings is 4. The second-order valence-corrected chi connectivity index (χ2v) is 13.6. The van der Waals surface area contributed by atoms with E-state index in [-0.39, 0.29) is 12.2 Å². The Balaban J connectivity index is 1.55. The van der Waals surface area contributed by atoms with Gasteiger partial charge < -0.3 is 33.2 Å². The van der Waals surface area contributed by atoms with Gasteiger partial charge in [0, 0.05) is 36.1 Å². The Labute approximate surface area is 302 Å². The first-order valence-corrected chi connectivity index (χ1v) is 17.7. The third-order valence-electron chi connectivity index (χ3n) is 9.69. The summed E-state index contributed by atoms with van der Waals surface area (Å²) in [6, 6.07) is 24.6. The van der Waals surface area contributed by atoms with E-state index in [9.17, 15) is 0 Å². The summed E-state index contributed by atoms with van der Waals surface area (Å²) >= 11 is 0. The minimum absolute atomic E-state index is 0.263. The van der Waals surface area contributed by atoms with Crippen molar-refractivity contribution in [2.75, 3.05) is 28.4 Å². The lowest BCUT2D eigenvalue weighted by Gasteiger charge is -2.40. The minimum atomic E-state index is -0.398. The quantitative estimate of drug-likeness (QED) is 0.137. The van der Waals surface area contributed by atoms with Crippen molar-refractivity contribution in [3.05, 3.63) is 129 Å². The van der Waals surface area contributed by atoms with Crippen molar-refractivity contribution in [1.29, 1.82) is 0 Å². The molecule has 2 aliphatic rings. The summed E-state index contributed by atoms with van der Waals surface area (Å²) in [6.07, 6.45) is 5.51. The van der Waals surface area contributed by atoms with Crippen molar-refractivity contribution in [1.82, 2.24) is 0 Å². The molecule has 0 aromatic heterocycles. The van der Waals surface area contributed by atoms with E-state index in [1.165, 1.54) is 11.1 Å². The van der Waals surface area contributed by atoms with Gasteiger partial charge in [-0.3, -0.25) is 0 Å². The Bertz CT molecular complexity index is 1730. The predicted octanol–water partition coefficient (Wildman–Crippen LogP) is 10.6. The van der Waals surface area contributed by atoms with Crippen LogP contribution in [0.5, 0.6) is 34.5 Å². The molecule has 0 saturated carbocycles. The fourth-order valence-electron chi connectivity index (χ4n) is 7.11. The molecule has 0 fully saturated rings. The lowest BCUT2D eigenvalue weighted by Crippen LogP contribution is -2.27. The van der Waals surface area contributed by atoms with Gasteiger partial charge in [-0.2, -0.15) is 0 Å². The Morgan fingerprint density at radius 3 is 1.27 bits per heavy atom. The molecule has 4 aromatic rings. The molecule has 268 valence electrons. The van der Waals surface area contributed by atoms with Gasteiger partial charge in [0.2, 0.25) is 0 Å². The molecule has 0 N–H and O–H groups in total. The fraction of sp³-hybridized carbons (Fsp3) is 0.364. The molecule has 0 radical (unpaired) electrons. The average molecular weight is 691 g/mol. The monoisotopic (exact) mass is 690 g/mol. The summed E-state index contributed by atoms with van der Waals surface area (Å²) in [5.41, 5.74) is 8.26. The minimum Gasteiger partial charge on any atom is -0.496 e. The first kappa shape index (κ1) is 35.9. The van der Waals surface area contributed by atoms with Crippen LogP contribution in [0.2, 0.25) is 0 Å². The highest BCUT2D eigenvalue weighted by atomic mass is 16.5. The number of hydrogen-bond donors (Lipinski definition) is 0. The number of methoxy groups -OCH3 is 4. The molecule has 4 unspecified atom stereocenters. The molecule has 4 atom stereocenters. The van der Waals surface area contributed by atoms with Crippen molar-refractivity contribution in [3.63, 3.8) is 0 Å². The Hall–Kier alpha value is -4.88. The molecule has 4 aromatic carbocycles. The molecule has 0 bridgehead atoms. The summed E-state index contributed by atoms with van der Waals surface area (Å²) in [4.78, 5) is 0. The molecule has 0 spiro atoms. The van der Waals surface area contributed by atoms with Gasteiger partial charge >= 0.3 is 0 Å². The van der Waals surface area contributed by atoms with Crippen LogP contribution < -0.4 is 28.4 Å². The normalized spacial score (nSPS) is 19.0. The molecule has 0 amide bonds. The van der Waals surface area contributed by atoms with Crippen molar-refractivity contribution < 1.29 is 33.2 Å². The van der Waals surface area contributed by atoms with E-state index in [1.54, 1.807) is 28.4 Å². The molecule has 6 rings (SSSR count). The number of fused-ring (bicyclic) bond motifs is 2. The standard InChI is InChI=1S/C44H50O7/c1-27(2)19-21-31-35(45-5)25-37(47-7)41-39(23-33(50-43(31)41)29-15-11-9-12-16-29)49-40-24-34(30-17-13-10-14-18-30)51-44-32(22-20-28(3)4)36(46-6)26-38(48-8)42(40)44/h9-20,25-26,33-34,39-40H,21-24H2,1-8H3. The largest absolute Gasteiger partial charge is 0.496 e. The zero-order valence-corrected chi connectivity index (χ0v) is 31.1. The van der Waals surface area contributed by atoms with E-state index in [2.05, 4.69) is 64.1 Å². The van der Waals surface area contributed by atoms with Gasteiger partial charge in [0.25, 0.3) is 0 Å². The van der Waals surface area contributed by atoms with E-state index in [4.69, 9.17) is 33.2 Å². The van der Waals surface area contributed by atoms with Crippen molar-refractivity contribution in [3.8, 4) is 34.5 Å². The van der Waals surface area contributed by atoms with Crippen molar-refractivity contribution >= 4 is 0 Å². The third-order valence-corrected chi connectivity index (χ3v) is 9.69. The summed E-state index contributed by atoms with van der Waals surface area (Å²) < 4.78 is 45.4. The number of hydrogen-bond acceptors (Lipinski definition) is 7. The molecule has 7 heteroatoms. The van der Waals surface area contributed by atoms with Crippen molar-refractivity contribution in [2.24, 2.45) is 0 Å². The molecular weight excluding hydrogens is 640 g/mol. The van der Waals surface area contributed by atoms with E-state index in [1.807, 2.05) is 48.5 Å². The van der Waals surface area contributed by atoms with Gasteiger partial charge in [-0.05, 0) is 51.7 Å². The molecular formula is C44H50O7. The molecule has 7 nitrogen and oxygen atoms in total. The van der Waals surface area contributed by atoms with Crippen LogP contribution in [0.25, 0.3) is 0 Å². The fourth-order valence-corrected chi connectivity index (χ4v) is 7.11. The second-order valence-electron chi connectivity index (χ2n) is 13.6. The third kappa shape index (κ3) is 7.59. The lowest BCUT2D eigenvalue weighted by molar-refractivity contribution is -0.0758. The average Bonchev–Trinajstić information content (AvgIpc) is 3.15. The number of allylic oxidation sites excluding steroid dienone is 4. The first-order chi connectivity index (χ1) is 24.8. The van der Waals surface area contributed by atoms with Crippen molar-refractivity contribution in [2.45, 2.75) is 77.8 Å². The second kappa shape index (κ2) is 16.0. The molecule has 2 aliphatic heterocycles. The zero-order valence-electron chi connectivity index (χ0n) is 31.1. The van der Waals surface area contributed by atoms with Crippen LogP contribution in [0, 0.1) is 0 Å². The van der Waals surface area contributed by atoms with Crippen LogP contribution >= 0.6 is 0 Å². The smallest absolute Gasteiger partial charge is 0.137 e. The molecule has 2 heterocycles. The summed E-state index contributed by atoms with van der Waals surface area (Å²) in [7, 11) is 6.75. The van der Waals surface area contributed by atoms with Gasteiger partial charge in [-0.1, -0.05) is 84.0 Å². The highest BCUT2D eigenvalue weighted by Crippen LogP contribution is 2.57. The number of ether oxygens (including phenoxy) is 7. The Kier molecular flexibility index (Phi) is 11.3. The zero-order chi connectivity index (χ0) is 36.1. The first-order valence-electron chi connectivity index (χ1n) is 17.7. The maximum atomic E-state index is 7.45. The van der Waals surface area contributed by atoms with Gasteiger partial charge in [-0.15, -0.1) is 0 Å². The summed E-state index contributed by atoms with van der Waals surface area (Å²) in [6.45, 7) is 8.40. The van der Waals surface area contributed by atoms with Crippen LogP contribution in [0.3, 0.4) is 0 Å². The molecule has 0 aliphatic carbocycles. The van der Waals surface area contributed by atoms with Gasteiger partial charge in [-0.25, -0.2) is 0 Å². The van der Waals surface area contributed by atoms with Crippen LogP contribution in [0.1, 0.15) is 98.3 Å². The van der Waals surface area contributed by atoms with Crippen LogP contribution in [-0.4, -0.2) is 28.4 Å². The van der Waals surface area contributed by atoms with Gasteiger partial charge in [0.05, 0.1) is 51.8 Å². The van der Waals surface area contributed by atoms with E-state index >= 15 is 0 Å². The SMILES string of the molecule is COc1cc(OC)c2c(c1CC=C(C)C)OC(c1ccccc1)CC2OC1CC(c2ccccc2)Oc2c(CC=C(C)C)c(OC)cc(OC)c21. The number of rotatable bonds is 12. The highest BCUT2D eigenvalue weighted by molar-refractivity contribution is 5.62. The maximum absolute atomic E-state index is 7.45. The van der Waals surface area contributed by atoms with Crippen LogP contribution in [0.15, 0.2) is 96.1 Å². The molecule has 51 heavy (non-hydrogen) atoms. The molecule has 0 saturated heterocycles. The van der Waals surface area contributed by atoms with Gasteiger partial charge in [0.1, 0.15) is 46.7 Å². The summed E-state index contributed by atoms with van der Waals surface area (Å²) in [5, 5.41) is 0.